The molecule has 2 aliphatic rings. The summed E-state index contributed by atoms with van der Waals surface area (Å²) in [6, 6.07) is 8.89. The first-order valence-corrected chi connectivity index (χ1v) is 11.4. The van der Waals surface area contributed by atoms with Crippen LogP contribution in [0.25, 0.3) is 0 Å². The van der Waals surface area contributed by atoms with Crippen LogP contribution in [0.15, 0.2) is 54.1 Å². The maximum atomic E-state index is 13.5. The Hall–Kier alpha value is -3.56. The van der Waals surface area contributed by atoms with Crippen molar-refractivity contribution in [3.8, 4) is 0 Å². The first kappa shape index (κ1) is 24.6. The van der Waals surface area contributed by atoms with Gasteiger partial charge in [-0.2, -0.15) is 5.01 Å². The summed E-state index contributed by atoms with van der Waals surface area (Å²) in [5, 5.41) is 12.8. The molecular formula is C24H19Cl2N3O6. The predicted octanol–water partition coefficient (Wildman–Crippen LogP) is 4.48. The van der Waals surface area contributed by atoms with Crippen molar-refractivity contribution >= 4 is 52.4 Å². The summed E-state index contributed by atoms with van der Waals surface area (Å²) in [6.45, 7) is 1.23. The Morgan fingerprint density at radius 3 is 2.29 bits per heavy atom. The van der Waals surface area contributed by atoms with Gasteiger partial charge in [0.25, 0.3) is 23.4 Å². The third kappa shape index (κ3) is 4.69. The fourth-order valence-electron chi connectivity index (χ4n) is 4.27. The third-order valence-corrected chi connectivity index (χ3v) is 6.87. The zero-order valence-electron chi connectivity index (χ0n) is 18.4. The van der Waals surface area contributed by atoms with Crippen LogP contribution in [0.3, 0.4) is 0 Å². The van der Waals surface area contributed by atoms with Gasteiger partial charge in [-0.15, -0.1) is 0 Å². The van der Waals surface area contributed by atoms with Gasteiger partial charge in [0.1, 0.15) is 6.54 Å². The van der Waals surface area contributed by atoms with E-state index in [1.54, 1.807) is 0 Å². The smallest absolute Gasteiger partial charge is 0.273 e. The zero-order chi connectivity index (χ0) is 25.4. The number of hydrogen-bond acceptors (Lipinski definition) is 6. The molecular weight excluding hydrogens is 497 g/mol. The number of nitrogens with zero attached hydrogens (tertiary/aromatic N) is 3. The Bertz CT molecular complexity index is 1290. The first-order valence-electron chi connectivity index (χ1n) is 10.7. The highest BCUT2D eigenvalue weighted by molar-refractivity contribution is 6.42. The number of carbonyl (C=O) groups excluding carboxylic acids is 4. The maximum Gasteiger partial charge on any atom is 0.273 e. The van der Waals surface area contributed by atoms with Gasteiger partial charge in [-0.25, -0.2) is 5.01 Å². The van der Waals surface area contributed by atoms with E-state index in [1.807, 2.05) is 13.0 Å². The number of ketones is 1. The van der Waals surface area contributed by atoms with Gasteiger partial charge in [0.2, 0.25) is 0 Å². The van der Waals surface area contributed by atoms with Crippen LogP contribution in [0.1, 0.15) is 40.5 Å². The molecule has 180 valence electrons. The van der Waals surface area contributed by atoms with Gasteiger partial charge in [-0.3, -0.25) is 29.3 Å². The van der Waals surface area contributed by atoms with E-state index in [2.05, 4.69) is 0 Å². The molecule has 9 nitrogen and oxygen atoms in total. The van der Waals surface area contributed by atoms with Crippen LogP contribution in [-0.2, 0) is 9.59 Å². The molecule has 11 heteroatoms. The van der Waals surface area contributed by atoms with Crippen molar-refractivity contribution in [1.82, 2.24) is 10.0 Å². The molecule has 0 bridgehead atoms. The van der Waals surface area contributed by atoms with Crippen molar-refractivity contribution in [2.45, 2.75) is 19.8 Å². The van der Waals surface area contributed by atoms with Crippen LogP contribution in [0, 0.1) is 22.0 Å². The minimum absolute atomic E-state index is 0.0284. The van der Waals surface area contributed by atoms with Crippen molar-refractivity contribution in [2.75, 3.05) is 6.54 Å². The normalized spacial score (nSPS) is 19.3. The number of Topliss-reactive ketones (excluding diaryl/α,β-unsaturated/α-hetero) is 1. The number of benzene rings is 2. The van der Waals surface area contributed by atoms with Gasteiger partial charge in [-0.1, -0.05) is 34.9 Å². The Balaban J connectivity index is 1.69. The zero-order valence-corrected chi connectivity index (χ0v) is 20.0. The molecule has 2 atom stereocenters. The van der Waals surface area contributed by atoms with E-state index in [0.29, 0.717) is 12.8 Å². The highest BCUT2D eigenvalue weighted by Gasteiger charge is 2.51. The lowest BCUT2D eigenvalue weighted by Crippen LogP contribution is -2.52. The summed E-state index contributed by atoms with van der Waals surface area (Å²) in [5.41, 5.74) is 0.873. The van der Waals surface area contributed by atoms with Crippen LogP contribution in [0.2, 0.25) is 10.0 Å². The van der Waals surface area contributed by atoms with Crippen molar-refractivity contribution in [3.05, 3.63) is 85.4 Å². The number of fused-ring (bicyclic) bond motifs is 1. The van der Waals surface area contributed by atoms with Crippen LogP contribution in [-0.4, -0.2) is 45.0 Å². The number of imide groups is 1. The number of amides is 3. The minimum atomic E-state index is -0.788. The van der Waals surface area contributed by atoms with Gasteiger partial charge in [0.15, 0.2) is 5.78 Å². The Morgan fingerprint density at radius 1 is 1.03 bits per heavy atom. The Labute approximate surface area is 210 Å². The number of nitro benzene ring substituents is 1. The minimum Gasteiger partial charge on any atom is -0.292 e. The van der Waals surface area contributed by atoms with Crippen molar-refractivity contribution < 1.29 is 24.1 Å². The van der Waals surface area contributed by atoms with Crippen LogP contribution < -0.4 is 0 Å². The molecule has 0 spiro atoms. The largest absolute Gasteiger partial charge is 0.292 e. The van der Waals surface area contributed by atoms with E-state index in [9.17, 15) is 29.3 Å². The lowest BCUT2D eigenvalue weighted by molar-refractivity contribution is -0.384. The monoisotopic (exact) mass is 515 g/mol. The molecule has 0 unspecified atom stereocenters. The van der Waals surface area contributed by atoms with E-state index in [-0.39, 0.29) is 26.9 Å². The standard InChI is InChI=1S/C24H19Cl2N3O6/c1-13-2-8-17-18(10-13)24(33)28(23(17)32)27(22(31)15-5-9-19(25)20(26)11-15)12-21(30)14-3-6-16(7-4-14)29(34)35/h2-7,9,11,17-18H,8,10,12H2,1H3/t17-,18+/m1/s1. The van der Waals surface area contributed by atoms with Crippen molar-refractivity contribution in [1.29, 1.82) is 0 Å². The van der Waals surface area contributed by atoms with Gasteiger partial charge in [-0.05, 0) is 50.1 Å². The molecule has 35 heavy (non-hydrogen) atoms. The molecule has 0 N–H and O–H groups in total. The molecule has 1 heterocycles. The van der Waals surface area contributed by atoms with Crippen LogP contribution in [0.5, 0.6) is 0 Å². The summed E-state index contributed by atoms with van der Waals surface area (Å²) in [5.74, 6) is -3.76. The number of rotatable bonds is 6. The maximum absolute atomic E-state index is 13.5. The number of non-ortho nitro benzene ring substituents is 1. The highest BCUT2D eigenvalue weighted by atomic mass is 35.5. The summed E-state index contributed by atoms with van der Waals surface area (Å²) in [7, 11) is 0. The molecule has 4 rings (SSSR count). The summed E-state index contributed by atoms with van der Waals surface area (Å²) >= 11 is 12.0. The average Bonchev–Trinajstić information content (AvgIpc) is 3.07. The number of carbonyl (C=O) groups is 4. The quantitative estimate of drug-likeness (QED) is 0.184. The van der Waals surface area contributed by atoms with Crippen LogP contribution in [0.4, 0.5) is 5.69 Å². The highest BCUT2D eigenvalue weighted by Crippen LogP contribution is 2.38. The fourth-order valence-corrected chi connectivity index (χ4v) is 4.56. The Kier molecular flexibility index (Phi) is 6.73. The molecule has 2 aromatic carbocycles. The van der Waals surface area contributed by atoms with E-state index in [4.69, 9.17) is 23.2 Å². The van der Waals surface area contributed by atoms with E-state index >= 15 is 0 Å². The number of hydrazine groups is 1. The van der Waals surface area contributed by atoms with Gasteiger partial charge < -0.3 is 0 Å². The summed E-state index contributed by atoms with van der Waals surface area (Å²) < 4.78 is 0. The number of nitro groups is 1. The van der Waals surface area contributed by atoms with Gasteiger partial charge in [0.05, 0.1) is 26.8 Å². The van der Waals surface area contributed by atoms with E-state index in [1.165, 1.54) is 30.3 Å². The molecule has 0 aromatic heterocycles. The van der Waals surface area contributed by atoms with Crippen molar-refractivity contribution in [3.63, 3.8) is 0 Å². The second kappa shape index (κ2) is 9.59. The Morgan fingerprint density at radius 2 is 1.66 bits per heavy atom. The molecule has 2 aromatic rings. The number of halogens is 2. The molecule has 0 radical (unpaired) electrons. The number of allylic oxidation sites excluding steroid dienone is 2. The third-order valence-electron chi connectivity index (χ3n) is 6.14. The fraction of sp³-hybridized carbons (Fsp3) is 0.250. The predicted molar refractivity (Wildman–Crippen MR) is 127 cm³/mol. The molecule has 0 saturated carbocycles. The second-order valence-electron chi connectivity index (χ2n) is 8.41. The van der Waals surface area contributed by atoms with E-state index < -0.39 is 46.8 Å². The second-order valence-corrected chi connectivity index (χ2v) is 9.22. The molecule has 1 saturated heterocycles. The lowest BCUT2D eigenvalue weighted by Gasteiger charge is -2.30. The van der Waals surface area contributed by atoms with Crippen molar-refractivity contribution in [2.24, 2.45) is 11.8 Å². The topological polar surface area (TPSA) is 118 Å². The SMILES string of the molecule is CC1=CC[C@H]2C(=O)N(N(CC(=O)c3ccc([N+](=O)[O-])cc3)C(=O)c3ccc(Cl)c(Cl)c3)C(=O)[C@H]2C1. The molecule has 1 aliphatic carbocycles. The van der Waals surface area contributed by atoms with Gasteiger partial charge >= 0.3 is 0 Å². The summed E-state index contributed by atoms with van der Waals surface area (Å²) in [4.78, 5) is 63.4. The van der Waals surface area contributed by atoms with Gasteiger partial charge in [0, 0.05) is 23.3 Å². The average molecular weight is 516 g/mol. The number of hydrogen-bond donors (Lipinski definition) is 0. The molecule has 1 fully saturated rings. The van der Waals surface area contributed by atoms with Crippen LogP contribution >= 0.6 is 23.2 Å². The van der Waals surface area contributed by atoms with E-state index in [0.717, 1.165) is 27.7 Å². The lowest BCUT2D eigenvalue weighted by atomic mass is 9.82. The molecule has 3 amide bonds. The molecule has 1 aliphatic heterocycles. The first-order chi connectivity index (χ1) is 16.6. The summed E-state index contributed by atoms with van der Waals surface area (Å²) in [6.07, 6.45) is 2.64.